The molecular weight excluding hydrogens is 480 g/mol. The highest BCUT2D eigenvalue weighted by Crippen LogP contribution is 2.33. The molecule has 0 bridgehead atoms. The van der Waals surface area contributed by atoms with Gasteiger partial charge < -0.3 is 14.8 Å². The average Bonchev–Trinajstić information content (AvgIpc) is 2.79. The molecule has 3 aromatic carbocycles. The summed E-state index contributed by atoms with van der Waals surface area (Å²) in [5.41, 5.74) is 0.657. The Morgan fingerprint density at radius 3 is 2.32 bits per heavy atom. The van der Waals surface area contributed by atoms with E-state index in [0.29, 0.717) is 5.75 Å². The zero-order valence-electron chi connectivity index (χ0n) is 18.5. The Labute approximate surface area is 203 Å². The third-order valence-electron chi connectivity index (χ3n) is 4.55. The molecule has 0 aliphatic carbocycles. The highest BCUT2D eigenvalue weighted by atomic mass is 35.5. The van der Waals surface area contributed by atoms with Crippen molar-refractivity contribution in [2.24, 2.45) is 0 Å². The number of halogens is 1. The second kappa shape index (κ2) is 11.0. The number of esters is 1. The van der Waals surface area contributed by atoms with Crippen LogP contribution < -0.4 is 14.4 Å². The highest BCUT2D eigenvalue weighted by Gasteiger charge is 2.24. The van der Waals surface area contributed by atoms with Crippen LogP contribution in [0.2, 0.25) is 5.02 Å². The summed E-state index contributed by atoms with van der Waals surface area (Å²) in [5.74, 6) is -0.392. The maximum Gasteiger partial charge on any atom is 0.338 e. The molecule has 0 aliphatic rings. The molecule has 0 heterocycles. The van der Waals surface area contributed by atoms with E-state index in [0.717, 1.165) is 10.6 Å². The largest absolute Gasteiger partial charge is 0.462 e. The molecule has 34 heavy (non-hydrogen) atoms. The molecule has 1 N–H and O–H groups in total. The summed E-state index contributed by atoms with van der Waals surface area (Å²) in [4.78, 5) is 24.6. The Morgan fingerprint density at radius 1 is 1.00 bits per heavy atom. The molecule has 0 saturated carbocycles. The number of ether oxygens (including phenoxy) is 2. The van der Waals surface area contributed by atoms with Crippen LogP contribution in [0.25, 0.3) is 0 Å². The van der Waals surface area contributed by atoms with Gasteiger partial charge in [0.2, 0.25) is 15.9 Å². The predicted octanol–water partition coefficient (Wildman–Crippen LogP) is 4.71. The fourth-order valence-electron chi connectivity index (χ4n) is 3.02. The van der Waals surface area contributed by atoms with Crippen molar-refractivity contribution >= 4 is 44.9 Å². The van der Waals surface area contributed by atoms with Gasteiger partial charge in [-0.2, -0.15) is 0 Å². The SMILES string of the molecule is CCOC(=O)c1ccc(NC(=O)CN(c2ccccc2Oc2ccccc2)S(C)(=O)=O)c(Cl)c1. The Balaban J connectivity index is 1.82. The van der Waals surface area contributed by atoms with E-state index < -0.39 is 28.4 Å². The molecular formula is C24H23ClN2O6S. The van der Waals surface area contributed by atoms with Gasteiger partial charge in [0.25, 0.3) is 0 Å². The van der Waals surface area contributed by atoms with Gasteiger partial charge >= 0.3 is 5.97 Å². The number of nitrogens with zero attached hydrogens (tertiary/aromatic N) is 1. The Morgan fingerprint density at radius 2 is 1.68 bits per heavy atom. The second-order valence-corrected chi connectivity index (χ2v) is 9.43. The number of sulfonamides is 1. The molecule has 0 radical (unpaired) electrons. The van der Waals surface area contributed by atoms with Gasteiger partial charge in [-0.3, -0.25) is 9.10 Å². The molecule has 0 aliphatic heterocycles. The van der Waals surface area contributed by atoms with Gasteiger partial charge in [-0.15, -0.1) is 0 Å². The molecule has 0 spiro atoms. The second-order valence-electron chi connectivity index (χ2n) is 7.12. The number of hydrogen-bond acceptors (Lipinski definition) is 6. The lowest BCUT2D eigenvalue weighted by atomic mass is 10.2. The smallest absolute Gasteiger partial charge is 0.338 e. The molecule has 0 fully saturated rings. The molecule has 0 atom stereocenters. The first-order valence-corrected chi connectivity index (χ1v) is 12.5. The number of benzene rings is 3. The van der Waals surface area contributed by atoms with Crippen molar-refractivity contribution in [3.63, 3.8) is 0 Å². The fourth-order valence-corrected chi connectivity index (χ4v) is 4.11. The van der Waals surface area contributed by atoms with Crippen LogP contribution in [0.4, 0.5) is 11.4 Å². The van der Waals surface area contributed by atoms with E-state index in [1.165, 1.54) is 18.2 Å². The van der Waals surface area contributed by atoms with Crippen molar-refractivity contribution < 1.29 is 27.5 Å². The van der Waals surface area contributed by atoms with Crippen molar-refractivity contribution in [2.75, 3.05) is 29.0 Å². The van der Waals surface area contributed by atoms with Gasteiger partial charge in [0, 0.05) is 0 Å². The Hall–Kier alpha value is -3.56. The van der Waals surface area contributed by atoms with E-state index in [1.54, 1.807) is 55.5 Å². The summed E-state index contributed by atoms with van der Waals surface area (Å²) in [6.07, 6.45) is 1.00. The van der Waals surface area contributed by atoms with Crippen LogP contribution in [0.1, 0.15) is 17.3 Å². The van der Waals surface area contributed by atoms with Crippen molar-refractivity contribution in [1.82, 2.24) is 0 Å². The molecule has 1 amide bonds. The number of para-hydroxylation sites is 3. The van der Waals surface area contributed by atoms with Crippen LogP contribution in [0.5, 0.6) is 11.5 Å². The van der Waals surface area contributed by atoms with E-state index in [2.05, 4.69) is 5.32 Å². The molecule has 3 rings (SSSR count). The highest BCUT2D eigenvalue weighted by molar-refractivity contribution is 7.92. The van der Waals surface area contributed by atoms with E-state index in [1.807, 2.05) is 6.07 Å². The standard InChI is InChI=1S/C24H23ClN2O6S/c1-3-32-24(29)17-13-14-20(19(25)15-17)26-23(28)16-27(34(2,30)31)21-11-7-8-12-22(21)33-18-9-5-4-6-10-18/h4-15H,3,16H2,1-2H3,(H,26,28). The minimum Gasteiger partial charge on any atom is -0.462 e. The third kappa shape index (κ3) is 6.49. The van der Waals surface area contributed by atoms with Crippen molar-refractivity contribution in [1.29, 1.82) is 0 Å². The van der Waals surface area contributed by atoms with Gasteiger partial charge in [0.05, 0.1) is 34.8 Å². The van der Waals surface area contributed by atoms with Crippen molar-refractivity contribution in [3.05, 3.63) is 83.4 Å². The summed E-state index contributed by atoms with van der Waals surface area (Å²) < 4.78 is 36.9. The Bertz CT molecular complexity index is 1280. The van der Waals surface area contributed by atoms with Gasteiger partial charge in [0.1, 0.15) is 12.3 Å². The maximum absolute atomic E-state index is 12.8. The molecule has 178 valence electrons. The Kier molecular flexibility index (Phi) is 8.14. The van der Waals surface area contributed by atoms with Crippen LogP contribution in [0.15, 0.2) is 72.8 Å². The topological polar surface area (TPSA) is 102 Å². The van der Waals surface area contributed by atoms with E-state index in [4.69, 9.17) is 21.1 Å². The summed E-state index contributed by atoms with van der Waals surface area (Å²) in [6, 6.07) is 19.7. The number of carbonyl (C=O) groups is 2. The van der Waals surface area contributed by atoms with Gasteiger partial charge in [-0.05, 0) is 49.4 Å². The van der Waals surface area contributed by atoms with E-state index in [9.17, 15) is 18.0 Å². The maximum atomic E-state index is 12.8. The lowest BCUT2D eigenvalue weighted by molar-refractivity contribution is -0.114. The molecule has 3 aromatic rings. The van der Waals surface area contributed by atoms with E-state index in [-0.39, 0.29) is 34.3 Å². The first-order chi connectivity index (χ1) is 16.2. The van der Waals surface area contributed by atoms with Crippen molar-refractivity contribution in [3.8, 4) is 11.5 Å². The summed E-state index contributed by atoms with van der Waals surface area (Å²) in [6.45, 7) is 1.38. The molecule has 10 heteroatoms. The van der Waals surface area contributed by atoms with E-state index >= 15 is 0 Å². The zero-order chi connectivity index (χ0) is 24.7. The lowest BCUT2D eigenvalue weighted by Crippen LogP contribution is -2.37. The number of rotatable bonds is 9. The molecule has 8 nitrogen and oxygen atoms in total. The number of nitrogens with one attached hydrogen (secondary N) is 1. The minimum absolute atomic E-state index is 0.109. The van der Waals surface area contributed by atoms with Gasteiger partial charge in [-0.1, -0.05) is 41.9 Å². The van der Waals surface area contributed by atoms with Gasteiger partial charge in [0.15, 0.2) is 5.75 Å². The van der Waals surface area contributed by atoms with Crippen molar-refractivity contribution in [2.45, 2.75) is 6.92 Å². The monoisotopic (exact) mass is 502 g/mol. The number of carbonyl (C=O) groups excluding carboxylic acids is 2. The lowest BCUT2D eigenvalue weighted by Gasteiger charge is -2.24. The number of hydrogen-bond donors (Lipinski definition) is 1. The van der Waals surface area contributed by atoms with Crippen LogP contribution in [0.3, 0.4) is 0 Å². The fraction of sp³-hybridized carbons (Fsp3) is 0.167. The quantitative estimate of drug-likeness (QED) is 0.425. The summed E-state index contributed by atoms with van der Waals surface area (Å²) in [7, 11) is -3.86. The summed E-state index contributed by atoms with van der Waals surface area (Å²) >= 11 is 6.20. The van der Waals surface area contributed by atoms with Crippen LogP contribution in [-0.2, 0) is 19.6 Å². The van der Waals surface area contributed by atoms with Crippen LogP contribution >= 0.6 is 11.6 Å². The molecule has 0 aromatic heterocycles. The zero-order valence-corrected chi connectivity index (χ0v) is 20.1. The molecule has 0 unspecified atom stereocenters. The molecule has 0 saturated heterocycles. The number of anilines is 2. The first kappa shape index (κ1) is 25.1. The minimum atomic E-state index is -3.86. The van der Waals surface area contributed by atoms with Gasteiger partial charge in [-0.25, -0.2) is 13.2 Å². The predicted molar refractivity (Wildman–Crippen MR) is 131 cm³/mol. The number of amides is 1. The third-order valence-corrected chi connectivity index (χ3v) is 5.99. The summed E-state index contributed by atoms with van der Waals surface area (Å²) in [5, 5.41) is 2.69. The van der Waals surface area contributed by atoms with Crippen LogP contribution in [-0.4, -0.2) is 39.7 Å². The first-order valence-electron chi connectivity index (χ1n) is 10.2. The normalized spacial score (nSPS) is 10.9. The average molecular weight is 503 g/mol. The van der Waals surface area contributed by atoms with Crippen LogP contribution in [0, 0.1) is 0 Å².